The van der Waals surface area contributed by atoms with Gasteiger partial charge in [-0.25, -0.2) is 4.79 Å². The molecule has 0 bridgehead atoms. The average molecular weight is 159 g/mol. The third kappa shape index (κ3) is 1.25. The lowest BCUT2D eigenvalue weighted by atomic mass is 10.3. The molecule has 0 spiro atoms. The fourth-order valence-corrected chi connectivity index (χ4v) is 0.654. The normalized spacial score (nSPS) is 9.30. The van der Waals surface area contributed by atoms with Crippen LogP contribution < -0.4 is 5.63 Å². The Bertz CT molecular complexity index is 302. The average Bonchev–Trinajstić information content (AvgIpc) is 1.88. The zero-order valence-electron chi connectivity index (χ0n) is 4.83. The molecule has 0 aliphatic heterocycles. The van der Waals surface area contributed by atoms with Crippen molar-refractivity contribution in [3.63, 3.8) is 0 Å². The van der Waals surface area contributed by atoms with E-state index in [1.807, 2.05) is 0 Å². The molecule has 10 heavy (non-hydrogen) atoms. The first-order valence-corrected chi connectivity index (χ1v) is 2.87. The zero-order valence-corrected chi connectivity index (χ0v) is 5.59. The van der Waals surface area contributed by atoms with Gasteiger partial charge in [0.1, 0.15) is 5.56 Å². The fourth-order valence-electron chi connectivity index (χ4n) is 0.514. The lowest BCUT2D eigenvalue weighted by molar-refractivity contribution is 0.107. The van der Waals surface area contributed by atoms with Crippen molar-refractivity contribution in [2.24, 2.45) is 0 Å². The van der Waals surface area contributed by atoms with Gasteiger partial charge in [0.2, 0.25) is 0 Å². The number of rotatable bonds is 1. The predicted molar refractivity (Wildman–Crippen MR) is 35.2 cm³/mol. The molecule has 1 aromatic rings. The van der Waals surface area contributed by atoms with Gasteiger partial charge in [0.15, 0.2) is 0 Å². The molecule has 0 unspecified atom stereocenters. The second-order valence-electron chi connectivity index (χ2n) is 1.59. The summed E-state index contributed by atoms with van der Waals surface area (Å²) in [4.78, 5) is 21.0. The molecule has 0 aliphatic carbocycles. The van der Waals surface area contributed by atoms with Gasteiger partial charge in [0, 0.05) is 0 Å². The van der Waals surface area contributed by atoms with Crippen LogP contribution in [0.3, 0.4) is 0 Å². The summed E-state index contributed by atoms with van der Waals surface area (Å²) in [5.41, 5.74) is -0.841. The highest BCUT2D eigenvalue weighted by Gasteiger charge is 2.05. The quantitative estimate of drug-likeness (QED) is 0.574. The second-order valence-corrected chi connectivity index (χ2v) is 1.93. The summed E-state index contributed by atoms with van der Waals surface area (Å²) in [5, 5.41) is -0.797. The van der Waals surface area contributed by atoms with Crippen molar-refractivity contribution in [3.05, 3.63) is 34.4 Å². The molecule has 52 valence electrons. The second kappa shape index (κ2) is 2.66. The molecule has 0 saturated heterocycles. The number of halogens is 1. The first kappa shape index (κ1) is 7.02. The third-order valence-electron chi connectivity index (χ3n) is 0.948. The van der Waals surface area contributed by atoms with Gasteiger partial charge in [-0.2, -0.15) is 0 Å². The topological polar surface area (TPSA) is 47.3 Å². The highest BCUT2D eigenvalue weighted by molar-refractivity contribution is 6.67. The molecule has 0 saturated carbocycles. The van der Waals surface area contributed by atoms with Crippen LogP contribution in [0.5, 0.6) is 0 Å². The number of hydrogen-bond acceptors (Lipinski definition) is 3. The third-order valence-corrected chi connectivity index (χ3v) is 1.15. The summed E-state index contributed by atoms with van der Waals surface area (Å²) in [6, 6.07) is 2.73. The summed E-state index contributed by atoms with van der Waals surface area (Å²) in [5.74, 6) is 0. The van der Waals surface area contributed by atoms with Gasteiger partial charge in [-0.05, 0) is 23.7 Å². The van der Waals surface area contributed by atoms with Gasteiger partial charge in [0.25, 0.3) is 5.24 Å². The van der Waals surface area contributed by atoms with Crippen LogP contribution in [-0.4, -0.2) is 5.24 Å². The van der Waals surface area contributed by atoms with Crippen molar-refractivity contribution < 1.29 is 9.21 Å². The number of carbonyl (C=O) groups excluding carboxylic acids is 1. The SMILES string of the molecule is O=C(Cl)c1cccoc1=O. The van der Waals surface area contributed by atoms with E-state index >= 15 is 0 Å². The molecular formula is C6H3ClO3. The van der Waals surface area contributed by atoms with E-state index < -0.39 is 10.9 Å². The Labute approximate surface area is 61.2 Å². The van der Waals surface area contributed by atoms with Crippen molar-refractivity contribution in [1.82, 2.24) is 0 Å². The van der Waals surface area contributed by atoms with E-state index in [0.717, 1.165) is 0 Å². The molecular weight excluding hydrogens is 156 g/mol. The van der Waals surface area contributed by atoms with Crippen LogP contribution in [0.15, 0.2) is 27.6 Å². The van der Waals surface area contributed by atoms with Gasteiger partial charge in [-0.3, -0.25) is 4.79 Å². The van der Waals surface area contributed by atoms with Gasteiger partial charge < -0.3 is 4.42 Å². The van der Waals surface area contributed by atoms with E-state index in [1.165, 1.54) is 18.4 Å². The van der Waals surface area contributed by atoms with Crippen molar-refractivity contribution in [1.29, 1.82) is 0 Å². The Morgan fingerprint density at radius 1 is 1.60 bits per heavy atom. The van der Waals surface area contributed by atoms with E-state index in [0.29, 0.717) is 0 Å². The summed E-state index contributed by atoms with van der Waals surface area (Å²) in [7, 11) is 0. The Morgan fingerprint density at radius 2 is 2.30 bits per heavy atom. The van der Waals surface area contributed by atoms with Crippen LogP contribution in [0.1, 0.15) is 10.4 Å². The zero-order chi connectivity index (χ0) is 7.56. The Kier molecular flexibility index (Phi) is 1.87. The van der Waals surface area contributed by atoms with Crippen LogP contribution in [0, 0.1) is 0 Å². The van der Waals surface area contributed by atoms with Crippen molar-refractivity contribution in [2.75, 3.05) is 0 Å². The smallest absolute Gasteiger partial charge is 0.347 e. The lowest BCUT2D eigenvalue weighted by Gasteiger charge is -1.86. The maximum atomic E-state index is 10.6. The Hall–Kier alpha value is -1.09. The molecule has 1 rings (SSSR count). The number of hydrogen-bond donors (Lipinski definition) is 0. The summed E-state index contributed by atoms with van der Waals surface area (Å²) in [6.07, 6.45) is 1.19. The minimum Gasteiger partial charge on any atom is -0.431 e. The number of carbonyl (C=O) groups is 1. The maximum absolute atomic E-state index is 10.6. The molecule has 0 fully saturated rings. The van der Waals surface area contributed by atoms with Gasteiger partial charge >= 0.3 is 5.63 Å². The molecule has 0 aliphatic rings. The van der Waals surface area contributed by atoms with Crippen LogP contribution in [0.4, 0.5) is 0 Å². The molecule has 1 aromatic heterocycles. The van der Waals surface area contributed by atoms with Crippen LogP contribution >= 0.6 is 11.6 Å². The van der Waals surface area contributed by atoms with Gasteiger partial charge in [-0.1, -0.05) is 0 Å². The molecule has 0 amide bonds. The molecule has 0 atom stereocenters. The highest BCUT2D eigenvalue weighted by atomic mass is 35.5. The molecule has 0 N–H and O–H groups in total. The van der Waals surface area contributed by atoms with Crippen molar-refractivity contribution in [3.8, 4) is 0 Å². The van der Waals surface area contributed by atoms with E-state index in [2.05, 4.69) is 4.42 Å². The van der Waals surface area contributed by atoms with Crippen LogP contribution in [-0.2, 0) is 0 Å². The highest BCUT2D eigenvalue weighted by Crippen LogP contribution is 1.95. The van der Waals surface area contributed by atoms with Crippen molar-refractivity contribution >= 4 is 16.8 Å². The molecule has 1 heterocycles. The lowest BCUT2D eigenvalue weighted by Crippen LogP contribution is -2.08. The monoisotopic (exact) mass is 158 g/mol. The van der Waals surface area contributed by atoms with E-state index in [1.54, 1.807) is 0 Å². The molecule has 0 radical (unpaired) electrons. The standard InChI is InChI=1S/C6H3ClO3/c7-5(8)4-2-1-3-10-6(4)9/h1-3H. The Balaban J connectivity index is 3.29. The minimum absolute atomic E-state index is 0.135. The predicted octanol–water partition coefficient (Wildman–Crippen LogP) is 1.02. The molecule has 3 nitrogen and oxygen atoms in total. The first-order valence-electron chi connectivity index (χ1n) is 2.49. The Morgan fingerprint density at radius 3 is 2.70 bits per heavy atom. The largest absolute Gasteiger partial charge is 0.431 e. The summed E-state index contributed by atoms with van der Waals surface area (Å²) < 4.78 is 4.36. The fraction of sp³-hybridized carbons (Fsp3) is 0. The van der Waals surface area contributed by atoms with E-state index in [4.69, 9.17) is 11.6 Å². The van der Waals surface area contributed by atoms with Crippen LogP contribution in [0.25, 0.3) is 0 Å². The summed E-state index contributed by atoms with van der Waals surface area (Å²) >= 11 is 5.01. The molecule has 0 aromatic carbocycles. The van der Waals surface area contributed by atoms with Crippen LogP contribution in [0.2, 0.25) is 0 Å². The van der Waals surface area contributed by atoms with Gasteiger partial charge in [0.05, 0.1) is 6.26 Å². The first-order chi connectivity index (χ1) is 4.72. The molecule has 4 heteroatoms. The van der Waals surface area contributed by atoms with E-state index in [-0.39, 0.29) is 5.56 Å². The minimum atomic E-state index is -0.797. The summed E-state index contributed by atoms with van der Waals surface area (Å²) in [6.45, 7) is 0. The van der Waals surface area contributed by atoms with E-state index in [9.17, 15) is 9.59 Å². The van der Waals surface area contributed by atoms with Gasteiger partial charge in [-0.15, -0.1) is 0 Å². The maximum Gasteiger partial charge on any atom is 0.347 e. The van der Waals surface area contributed by atoms with Crippen molar-refractivity contribution in [2.45, 2.75) is 0 Å².